The fourth-order valence-corrected chi connectivity index (χ4v) is 8.31. The lowest BCUT2D eigenvalue weighted by atomic mass is 10.1. The molecule has 4 heterocycles. The third-order valence-electron chi connectivity index (χ3n) is 6.65. The minimum atomic E-state index is -0.104. The molecular formula is C32H26N4O2S4. The molecule has 42 heavy (non-hydrogen) atoms. The molecule has 0 atom stereocenters. The van der Waals surface area contributed by atoms with E-state index in [0.717, 1.165) is 44.4 Å². The number of aromatic nitrogens is 2. The van der Waals surface area contributed by atoms with Crippen LogP contribution in [0.4, 0.5) is 0 Å². The molecule has 10 heteroatoms. The Labute approximate surface area is 259 Å². The summed E-state index contributed by atoms with van der Waals surface area (Å²) in [6, 6.07) is 23.5. The summed E-state index contributed by atoms with van der Waals surface area (Å²) in [4.78, 5) is 39.7. The van der Waals surface area contributed by atoms with Crippen LogP contribution in [0.5, 0.6) is 0 Å². The van der Waals surface area contributed by atoms with Gasteiger partial charge in [0, 0.05) is 55.8 Å². The minimum Gasteiger partial charge on any atom is -0.352 e. The van der Waals surface area contributed by atoms with Crippen LogP contribution in [-0.4, -0.2) is 34.9 Å². The summed E-state index contributed by atoms with van der Waals surface area (Å²) >= 11 is 3.39. The van der Waals surface area contributed by atoms with Gasteiger partial charge in [-0.15, -0.1) is 22.7 Å². The SMILES string of the molecule is O=C(NCCc1cccs1)c1ccnc2c(SSc3cccc4c(C(=O)NCCc5cccs5)ccnc34)cccc12. The highest BCUT2D eigenvalue weighted by atomic mass is 33.1. The van der Waals surface area contributed by atoms with Gasteiger partial charge in [-0.25, -0.2) is 0 Å². The van der Waals surface area contributed by atoms with Gasteiger partial charge in [0.1, 0.15) is 0 Å². The van der Waals surface area contributed by atoms with E-state index in [0.29, 0.717) is 24.2 Å². The van der Waals surface area contributed by atoms with E-state index in [2.05, 4.69) is 32.7 Å². The Hall–Kier alpha value is -3.70. The van der Waals surface area contributed by atoms with Crippen LogP contribution < -0.4 is 10.6 Å². The fourth-order valence-electron chi connectivity index (χ4n) is 4.62. The molecule has 0 aliphatic heterocycles. The first-order valence-corrected chi connectivity index (χ1v) is 17.3. The van der Waals surface area contributed by atoms with Crippen molar-refractivity contribution in [3.8, 4) is 0 Å². The van der Waals surface area contributed by atoms with Crippen molar-refractivity contribution in [2.24, 2.45) is 0 Å². The van der Waals surface area contributed by atoms with Gasteiger partial charge >= 0.3 is 0 Å². The molecule has 0 spiro atoms. The van der Waals surface area contributed by atoms with E-state index in [1.165, 1.54) is 9.75 Å². The van der Waals surface area contributed by atoms with Crippen molar-refractivity contribution in [3.63, 3.8) is 0 Å². The van der Waals surface area contributed by atoms with Crippen molar-refractivity contribution in [1.82, 2.24) is 20.6 Å². The van der Waals surface area contributed by atoms with Gasteiger partial charge in [-0.2, -0.15) is 0 Å². The molecule has 6 rings (SSSR count). The van der Waals surface area contributed by atoms with Crippen molar-refractivity contribution in [3.05, 3.63) is 117 Å². The third-order valence-corrected chi connectivity index (χ3v) is 11.0. The fraction of sp³-hybridized carbons (Fsp3) is 0.125. The quantitative estimate of drug-likeness (QED) is 0.144. The zero-order valence-electron chi connectivity index (χ0n) is 22.4. The normalized spacial score (nSPS) is 11.1. The topological polar surface area (TPSA) is 84.0 Å². The Morgan fingerprint density at radius 2 is 1.10 bits per heavy atom. The van der Waals surface area contributed by atoms with Crippen molar-refractivity contribution in [1.29, 1.82) is 0 Å². The van der Waals surface area contributed by atoms with Crippen molar-refractivity contribution >= 4 is 77.9 Å². The molecule has 0 unspecified atom stereocenters. The van der Waals surface area contributed by atoms with Crippen LogP contribution in [0.2, 0.25) is 0 Å². The highest BCUT2D eigenvalue weighted by molar-refractivity contribution is 8.76. The van der Waals surface area contributed by atoms with Crippen LogP contribution >= 0.6 is 44.3 Å². The number of nitrogens with one attached hydrogen (secondary N) is 2. The Morgan fingerprint density at radius 1 is 0.619 bits per heavy atom. The van der Waals surface area contributed by atoms with Crippen LogP contribution in [-0.2, 0) is 12.8 Å². The number of amides is 2. The van der Waals surface area contributed by atoms with Gasteiger partial charge in [-0.3, -0.25) is 19.6 Å². The molecule has 2 aromatic carbocycles. The van der Waals surface area contributed by atoms with Gasteiger partial charge < -0.3 is 10.6 Å². The van der Waals surface area contributed by atoms with Crippen molar-refractivity contribution in [2.45, 2.75) is 22.6 Å². The maximum absolute atomic E-state index is 13.0. The predicted octanol–water partition coefficient (Wildman–Crippen LogP) is 7.65. The number of hydrogen-bond acceptors (Lipinski definition) is 8. The summed E-state index contributed by atoms with van der Waals surface area (Å²) in [6.45, 7) is 1.16. The number of carbonyl (C=O) groups excluding carboxylic acids is 2. The Bertz CT molecular complexity index is 1700. The Kier molecular flexibility index (Phi) is 9.15. The maximum atomic E-state index is 13.0. The number of hydrogen-bond donors (Lipinski definition) is 2. The van der Waals surface area contributed by atoms with Gasteiger partial charge in [0.05, 0.1) is 22.2 Å². The zero-order chi connectivity index (χ0) is 28.7. The van der Waals surface area contributed by atoms with E-state index < -0.39 is 0 Å². The van der Waals surface area contributed by atoms with Gasteiger partial charge in [0.2, 0.25) is 0 Å². The van der Waals surface area contributed by atoms with Gasteiger partial charge in [-0.1, -0.05) is 58.0 Å². The summed E-state index contributed by atoms with van der Waals surface area (Å²) < 4.78 is 0. The molecule has 2 amide bonds. The number of nitrogens with zero attached hydrogens (tertiary/aromatic N) is 2. The number of carbonyl (C=O) groups is 2. The first-order valence-electron chi connectivity index (χ1n) is 13.4. The van der Waals surface area contributed by atoms with Crippen LogP contribution in [0.1, 0.15) is 30.5 Å². The first kappa shape index (κ1) is 28.4. The molecule has 210 valence electrons. The average molecular weight is 627 g/mol. The highest BCUT2D eigenvalue weighted by Crippen LogP contribution is 2.42. The van der Waals surface area contributed by atoms with E-state index in [-0.39, 0.29) is 11.8 Å². The molecule has 0 aliphatic carbocycles. The largest absolute Gasteiger partial charge is 0.352 e. The highest BCUT2D eigenvalue weighted by Gasteiger charge is 2.16. The number of para-hydroxylation sites is 2. The van der Waals surface area contributed by atoms with E-state index in [9.17, 15) is 9.59 Å². The Morgan fingerprint density at radius 3 is 1.52 bits per heavy atom. The summed E-state index contributed by atoms with van der Waals surface area (Å²) in [6.07, 6.45) is 4.99. The smallest absolute Gasteiger partial charge is 0.252 e. The number of pyridine rings is 2. The van der Waals surface area contributed by atoms with Crippen LogP contribution in [0.3, 0.4) is 0 Å². The van der Waals surface area contributed by atoms with Crippen LogP contribution in [0.15, 0.2) is 106 Å². The third kappa shape index (κ3) is 6.52. The van der Waals surface area contributed by atoms with Crippen LogP contribution in [0, 0.1) is 0 Å². The van der Waals surface area contributed by atoms with Crippen molar-refractivity contribution in [2.75, 3.05) is 13.1 Å². The monoisotopic (exact) mass is 626 g/mol. The number of thiophene rings is 2. The first-order chi connectivity index (χ1) is 20.7. The molecule has 2 N–H and O–H groups in total. The Balaban J connectivity index is 1.17. The van der Waals surface area contributed by atoms with Crippen LogP contribution in [0.25, 0.3) is 21.8 Å². The lowest BCUT2D eigenvalue weighted by Crippen LogP contribution is -2.25. The number of benzene rings is 2. The molecule has 0 fully saturated rings. The second kappa shape index (κ2) is 13.5. The average Bonchev–Trinajstić information content (AvgIpc) is 3.74. The van der Waals surface area contributed by atoms with E-state index in [1.807, 2.05) is 59.3 Å². The lowest BCUT2D eigenvalue weighted by Gasteiger charge is -2.11. The minimum absolute atomic E-state index is 0.104. The molecule has 0 saturated heterocycles. The molecule has 6 nitrogen and oxygen atoms in total. The summed E-state index contributed by atoms with van der Waals surface area (Å²) in [7, 11) is 3.13. The number of fused-ring (bicyclic) bond motifs is 2. The molecule has 0 bridgehead atoms. The van der Waals surface area contributed by atoms with E-state index in [1.54, 1.807) is 68.8 Å². The van der Waals surface area contributed by atoms with Gasteiger partial charge in [-0.05, 0) is 60.0 Å². The second-order valence-corrected chi connectivity index (χ2v) is 13.6. The molecule has 6 aromatic rings. The lowest BCUT2D eigenvalue weighted by molar-refractivity contribution is 0.0947. The van der Waals surface area contributed by atoms with Crippen molar-refractivity contribution < 1.29 is 9.59 Å². The summed E-state index contributed by atoms with van der Waals surface area (Å²) in [5, 5.41) is 11.8. The number of rotatable bonds is 11. The summed E-state index contributed by atoms with van der Waals surface area (Å²) in [5.74, 6) is -0.207. The molecule has 0 radical (unpaired) electrons. The van der Waals surface area contributed by atoms with Gasteiger partial charge in [0.25, 0.3) is 11.8 Å². The standard InChI is InChI=1S/C32H26N4O2S4/c37-31(35-15-11-21-5-3-19-39-21)25-13-17-33-29-23(25)7-1-9-27(29)41-42-28-10-2-8-24-26(14-18-34-30(24)28)32(38)36-16-12-22-6-4-20-40-22/h1-10,13-14,17-20H,11-12,15-16H2,(H,35,37)(H,36,38). The second-order valence-electron chi connectivity index (χ2n) is 9.36. The molecule has 4 aromatic heterocycles. The maximum Gasteiger partial charge on any atom is 0.252 e. The van der Waals surface area contributed by atoms with E-state index >= 15 is 0 Å². The molecular weight excluding hydrogens is 601 g/mol. The van der Waals surface area contributed by atoms with E-state index in [4.69, 9.17) is 0 Å². The summed E-state index contributed by atoms with van der Waals surface area (Å²) in [5.41, 5.74) is 2.78. The molecule has 0 saturated carbocycles. The molecule has 0 aliphatic rings. The predicted molar refractivity (Wildman–Crippen MR) is 176 cm³/mol. The van der Waals surface area contributed by atoms with Gasteiger partial charge in [0.15, 0.2) is 0 Å². The zero-order valence-corrected chi connectivity index (χ0v) is 25.7.